The number of ketones is 3. The molecule has 2 aromatic carbocycles. The molecular weight excluding hydrogens is 1470 g/mol. The second kappa shape index (κ2) is 46.6. The zero-order valence-corrected chi connectivity index (χ0v) is 64.6. The van der Waals surface area contributed by atoms with Gasteiger partial charge >= 0.3 is 23.9 Å². The number of hydrogen-bond donors (Lipinski definition) is 11. The smallest absolute Gasteiger partial charge is 0.317 e. The molecule has 4 aliphatic rings. The lowest BCUT2D eigenvalue weighted by atomic mass is 9.94. The summed E-state index contributed by atoms with van der Waals surface area (Å²) < 4.78 is 0. The van der Waals surface area contributed by atoms with Crippen molar-refractivity contribution in [3.8, 4) is 0 Å². The quantitative estimate of drug-likeness (QED) is 0.0463. The summed E-state index contributed by atoms with van der Waals surface area (Å²) in [5, 5.41) is 60.0. The molecule has 4 aliphatic heterocycles. The number of carboxylic acids is 4. The molecule has 0 saturated carbocycles. The summed E-state index contributed by atoms with van der Waals surface area (Å²) in [5.41, 5.74) is 14.1. The molecule has 0 spiro atoms. The molecule has 32 nitrogen and oxygen atoms in total. The number of carbonyl (C=O) groups is 15. The fourth-order valence-corrected chi connectivity index (χ4v) is 16.8. The fourth-order valence-electron chi connectivity index (χ4n) is 13.7. The van der Waals surface area contributed by atoms with E-state index in [4.69, 9.17) is 11.5 Å². The van der Waals surface area contributed by atoms with Gasteiger partial charge in [0.25, 0.3) is 0 Å². The molecule has 6 rings (SSSR count). The van der Waals surface area contributed by atoms with Crippen LogP contribution < -0.4 is 32.7 Å². The molecule has 109 heavy (non-hydrogen) atoms. The first-order chi connectivity index (χ1) is 52.0. The van der Waals surface area contributed by atoms with Crippen LogP contribution in [0, 0.1) is 11.8 Å². The Labute approximate surface area is 647 Å². The molecule has 0 unspecified atom stereocenters. The number of nitrogens with two attached hydrogens (primary N) is 2. The number of nitrogens with zero attached hydrogens (tertiary/aromatic N) is 6. The predicted octanol–water partition coefficient (Wildman–Crippen LogP) is 0.726. The van der Waals surface area contributed by atoms with Gasteiger partial charge in [-0.3, -0.25) is 91.5 Å². The number of carbonyl (C=O) groups excluding carboxylic acids is 11. The summed E-state index contributed by atoms with van der Waals surface area (Å²) in [6.07, 6.45) is 0.120. The highest BCUT2D eigenvalue weighted by molar-refractivity contribution is 7.99. The maximum atomic E-state index is 15.1. The Morgan fingerprint density at radius 3 is 1.68 bits per heavy atom. The van der Waals surface area contributed by atoms with Crippen molar-refractivity contribution in [1.82, 2.24) is 50.7 Å². The van der Waals surface area contributed by atoms with Crippen LogP contribution in [0.25, 0.3) is 0 Å². The van der Waals surface area contributed by atoms with E-state index in [1.54, 1.807) is 56.8 Å². The number of hydrogen-bond acceptors (Lipinski definition) is 23. The van der Waals surface area contributed by atoms with Crippen LogP contribution in [-0.4, -0.2) is 295 Å². The van der Waals surface area contributed by atoms with E-state index in [1.807, 2.05) is 30.0 Å². The molecule has 8 amide bonds. The van der Waals surface area contributed by atoms with Gasteiger partial charge in [0.2, 0.25) is 47.3 Å². The van der Waals surface area contributed by atoms with Crippen LogP contribution in [0.2, 0.25) is 0 Å². The van der Waals surface area contributed by atoms with Crippen molar-refractivity contribution in [3.63, 3.8) is 0 Å². The number of fused-ring (bicyclic) bond motifs is 4. The van der Waals surface area contributed by atoms with Crippen molar-refractivity contribution in [3.05, 3.63) is 70.8 Å². The van der Waals surface area contributed by atoms with Gasteiger partial charge in [-0.15, -0.1) is 0 Å². The zero-order valence-electron chi connectivity index (χ0n) is 62.2. The van der Waals surface area contributed by atoms with Gasteiger partial charge in [-0.2, -0.15) is 35.3 Å². The molecule has 2 aromatic rings. The van der Waals surface area contributed by atoms with Crippen LogP contribution in [0.1, 0.15) is 132 Å². The number of carboxylic acid groups (broad SMARTS) is 4. The molecular formula is C74H108N12O20S3. The number of aliphatic hydroxyl groups excluding tert-OH is 1. The van der Waals surface area contributed by atoms with Crippen LogP contribution in [0.3, 0.4) is 0 Å². The van der Waals surface area contributed by atoms with Gasteiger partial charge in [0.05, 0.1) is 56.6 Å². The van der Waals surface area contributed by atoms with Crippen molar-refractivity contribution >= 4 is 124 Å². The van der Waals surface area contributed by atoms with Crippen LogP contribution in [-0.2, 0) is 95.6 Å². The Hall–Kier alpha value is -8.06. The molecule has 3 fully saturated rings. The Balaban J connectivity index is 1.33. The van der Waals surface area contributed by atoms with Crippen LogP contribution in [0.15, 0.2) is 48.5 Å². The van der Waals surface area contributed by atoms with Gasteiger partial charge in [-0.05, 0) is 86.3 Å². The lowest BCUT2D eigenvalue weighted by Gasteiger charge is -2.33. The van der Waals surface area contributed by atoms with E-state index in [-0.39, 0.29) is 159 Å². The topological polar surface area (TPSA) is 477 Å². The van der Waals surface area contributed by atoms with E-state index >= 15 is 4.79 Å². The first kappa shape index (κ1) is 89.8. The van der Waals surface area contributed by atoms with Gasteiger partial charge in [-0.1, -0.05) is 68.3 Å². The predicted molar refractivity (Wildman–Crippen MR) is 407 cm³/mol. The maximum absolute atomic E-state index is 15.1. The largest absolute Gasteiger partial charge is 0.481 e. The van der Waals surface area contributed by atoms with E-state index < -0.39 is 157 Å². The number of amides is 8. The first-order valence-electron chi connectivity index (χ1n) is 37.3. The number of rotatable bonds is 31. The number of primary amides is 2. The summed E-state index contributed by atoms with van der Waals surface area (Å²) in [4.78, 5) is 213. The summed E-state index contributed by atoms with van der Waals surface area (Å²) in [5.74, 6) is -13.0. The van der Waals surface area contributed by atoms with Gasteiger partial charge in [0.15, 0.2) is 5.78 Å². The molecule has 2 bridgehead atoms. The van der Waals surface area contributed by atoms with Gasteiger partial charge in [-0.25, -0.2) is 0 Å². The molecule has 602 valence electrons. The lowest BCUT2D eigenvalue weighted by Crippen LogP contribution is -2.61. The summed E-state index contributed by atoms with van der Waals surface area (Å²) >= 11 is 4.19. The second-order valence-corrected chi connectivity index (χ2v) is 31.6. The zero-order chi connectivity index (χ0) is 79.7. The first-order valence-corrected chi connectivity index (χ1v) is 40.7. The van der Waals surface area contributed by atoms with Gasteiger partial charge in [0.1, 0.15) is 41.8 Å². The van der Waals surface area contributed by atoms with E-state index in [0.29, 0.717) is 48.5 Å². The highest BCUT2D eigenvalue weighted by Crippen LogP contribution is 2.31. The third-order valence-corrected chi connectivity index (χ3v) is 22.9. The molecule has 35 heteroatoms. The van der Waals surface area contributed by atoms with Crippen molar-refractivity contribution < 1.29 is 97.5 Å². The number of benzene rings is 2. The Morgan fingerprint density at radius 1 is 0.596 bits per heavy atom. The average Bonchev–Trinajstić information content (AvgIpc) is 1.67. The minimum absolute atomic E-state index is 0.0107. The fraction of sp³-hybridized carbons (Fsp3) is 0.635. The second-order valence-electron chi connectivity index (χ2n) is 28.4. The number of unbranched alkanes of at least 4 members (excludes halogenated alkanes) is 2. The Morgan fingerprint density at radius 2 is 1.14 bits per heavy atom. The maximum Gasteiger partial charge on any atom is 0.317 e. The number of thioether (sulfide) groups is 3. The number of nitrogens with one attached hydrogen (secondary N) is 4. The van der Waals surface area contributed by atoms with E-state index in [2.05, 4.69) is 21.3 Å². The highest BCUT2D eigenvalue weighted by atomic mass is 32.2. The van der Waals surface area contributed by atoms with Crippen molar-refractivity contribution in [2.75, 3.05) is 109 Å². The van der Waals surface area contributed by atoms with Crippen LogP contribution in [0.5, 0.6) is 0 Å². The molecule has 13 N–H and O–H groups in total. The van der Waals surface area contributed by atoms with Gasteiger partial charge in [0, 0.05) is 126 Å². The van der Waals surface area contributed by atoms with Crippen molar-refractivity contribution in [1.29, 1.82) is 0 Å². The number of Topliss-reactive ketones (excluding diaryl/α,β-unsaturated/α-hetero) is 3. The highest BCUT2D eigenvalue weighted by Gasteiger charge is 2.45. The van der Waals surface area contributed by atoms with Gasteiger partial charge < -0.3 is 68.1 Å². The summed E-state index contributed by atoms with van der Waals surface area (Å²) in [7, 11) is 0. The molecule has 4 heterocycles. The number of aliphatic hydroxyl groups is 1. The molecule has 0 aliphatic carbocycles. The standard InChI is InChI=1S/C74H108N12O20S3/c1-3-4-6-14-54(88)35-53-46-109-44-51-32-49(42-107-30-11-15-55(89)38-81-22-24-82(39-64(94)95)26-28-84(41-66(98)99)29-27-83(25-23-81)40-65(96)97)31-50(33-51)43-108-45-52(69(101)79-58(68(76)100)37-63(92)93)36-61(90)57(34-48-12-7-5-8-13-48)78-70(102)56(18-19-62(75)91)77-72(104)67(47(2)87)80-71(103)59-16-9-20-85(59)74(106)60-17-10-21-86(60)73(53)105/h5,7-8,12-13,31-33,47,52-53,56-60,67,87H,3-4,6,9-11,14-30,34-46H2,1-2H3,(H2,75,91)(H2,76,100)(H,77,104)(H,78,102)(H,79,101)(H,80,103)(H,92,93)(H,94,95)(H,96,97)(H,98,99)/t47-,52+,53+,56+,57+,58+,59+,60+,67+/m1/s1. The van der Waals surface area contributed by atoms with E-state index in [9.17, 15) is 92.7 Å². The molecule has 9 atom stereocenters. The van der Waals surface area contributed by atoms with Crippen LogP contribution >= 0.6 is 35.3 Å². The SMILES string of the molecule is CCCCCC(=O)C[C@H]1CSCc2cc(CSCCCC(=O)CN3CCN(CC(=O)O)CCN(CC(=O)O)CCN(CC(=O)O)CC3)cc(c2)CSC[C@@H](C(=O)N[C@@H](CC(=O)O)C(N)=O)CC(=O)[C@H](Cc2ccccc2)NC(=O)[C@H](CCC(N)=O)NC(=O)[C@H]([C@@H](C)O)NC(=O)[C@@H]2CCCN2C(=O)[C@@H]2CCCN2C1=O. The molecule has 0 aromatic heterocycles. The molecule has 3 saturated heterocycles. The minimum atomic E-state index is -1.75. The third-order valence-electron chi connectivity index (χ3n) is 19.5. The lowest BCUT2D eigenvalue weighted by molar-refractivity contribution is -0.148. The van der Waals surface area contributed by atoms with Crippen molar-refractivity contribution in [2.45, 2.75) is 176 Å². The average molecular weight is 1580 g/mol. The normalized spacial score (nSPS) is 22.9. The third kappa shape index (κ3) is 31.7. The minimum Gasteiger partial charge on any atom is -0.481 e. The van der Waals surface area contributed by atoms with Crippen LogP contribution in [0.4, 0.5) is 0 Å². The number of aliphatic carboxylic acids is 4. The summed E-state index contributed by atoms with van der Waals surface area (Å²) in [6.45, 7) is 4.54. The summed E-state index contributed by atoms with van der Waals surface area (Å²) in [6, 6.07) is 5.65. The monoisotopic (exact) mass is 1580 g/mol. The van der Waals surface area contributed by atoms with Crippen molar-refractivity contribution in [2.24, 2.45) is 23.3 Å². The Kier molecular flexibility index (Phi) is 38.4. The van der Waals surface area contributed by atoms with E-state index in [1.165, 1.54) is 40.2 Å². The van der Waals surface area contributed by atoms with E-state index in [0.717, 1.165) is 29.5 Å². The molecule has 0 radical (unpaired) electrons. The Bertz CT molecular complexity index is 3460.